The van der Waals surface area contributed by atoms with Gasteiger partial charge in [0.15, 0.2) is 6.10 Å². The second kappa shape index (κ2) is 5.87. The molecule has 1 amide bonds. The highest BCUT2D eigenvalue weighted by Gasteiger charge is 2.40. The number of ether oxygens (including phenoxy) is 1. The van der Waals surface area contributed by atoms with Crippen molar-refractivity contribution in [3.8, 4) is 5.75 Å². The maximum atomic E-state index is 12.6. The topological polar surface area (TPSA) is 75.6 Å². The maximum absolute atomic E-state index is 12.6. The summed E-state index contributed by atoms with van der Waals surface area (Å²) in [6, 6.07) is 4.04. The van der Waals surface area contributed by atoms with Crippen molar-refractivity contribution in [2.24, 2.45) is 0 Å². The van der Waals surface area contributed by atoms with E-state index in [1.54, 1.807) is 0 Å². The number of hydrogen-bond acceptors (Lipinski definition) is 3. The van der Waals surface area contributed by atoms with Crippen LogP contribution in [-0.2, 0) is 16.0 Å². The Labute approximate surface area is 136 Å². The second-order valence-corrected chi connectivity index (χ2v) is 6.90. The van der Waals surface area contributed by atoms with Crippen molar-refractivity contribution in [1.82, 2.24) is 5.32 Å². The van der Waals surface area contributed by atoms with E-state index in [1.165, 1.54) is 5.56 Å². The molecule has 5 nitrogen and oxygen atoms in total. The van der Waals surface area contributed by atoms with E-state index in [-0.39, 0.29) is 12.3 Å². The van der Waals surface area contributed by atoms with Gasteiger partial charge in [-0.05, 0) is 49.4 Å². The molecule has 1 aliphatic carbocycles. The monoisotopic (exact) mass is 317 g/mol. The van der Waals surface area contributed by atoms with E-state index in [9.17, 15) is 9.59 Å². The van der Waals surface area contributed by atoms with Gasteiger partial charge in [-0.2, -0.15) is 0 Å². The third kappa shape index (κ3) is 3.19. The normalized spacial score (nSPS) is 21.6. The largest absolute Gasteiger partial charge is 0.481 e. The van der Waals surface area contributed by atoms with Gasteiger partial charge < -0.3 is 15.2 Å². The highest BCUT2D eigenvalue weighted by molar-refractivity contribution is 5.84. The van der Waals surface area contributed by atoms with Crippen molar-refractivity contribution in [3.63, 3.8) is 0 Å². The Morgan fingerprint density at radius 2 is 1.91 bits per heavy atom. The van der Waals surface area contributed by atoms with Crippen LogP contribution in [0, 0.1) is 13.8 Å². The molecule has 1 aliphatic heterocycles. The average molecular weight is 317 g/mol. The van der Waals surface area contributed by atoms with Crippen LogP contribution in [0.3, 0.4) is 0 Å². The fraction of sp³-hybridized carbons (Fsp3) is 0.556. The Morgan fingerprint density at radius 1 is 1.26 bits per heavy atom. The van der Waals surface area contributed by atoms with Crippen LogP contribution in [0.1, 0.15) is 48.8 Å². The Bertz CT molecular complexity index is 616. The summed E-state index contributed by atoms with van der Waals surface area (Å²) in [6.45, 7) is 4.07. The third-order valence-corrected chi connectivity index (χ3v) is 5.08. The molecule has 124 valence electrons. The SMILES string of the molecule is Cc1cc2c(cc1C)OC(C(=O)NC1(CC(=O)O)CCCC1)C2. The molecule has 1 unspecified atom stereocenters. The highest BCUT2D eigenvalue weighted by atomic mass is 16.5. The first-order valence-corrected chi connectivity index (χ1v) is 8.19. The van der Waals surface area contributed by atoms with Crippen LogP contribution in [-0.4, -0.2) is 28.6 Å². The molecule has 1 aromatic carbocycles. The van der Waals surface area contributed by atoms with E-state index in [0.29, 0.717) is 6.42 Å². The van der Waals surface area contributed by atoms with E-state index in [0.717, 1.165) is 42.6 Å². The van der Waals surface area contributed by atoms with E-state index in [1.807, 2.05) is 19.9 Å². The lowest BCUT2D eigenvalue weighted by atomic mass is 9.92. The molecule has 2 N–H and O–H groups in total. The van der Waals surface area contributed by atoms with E-state index in [4.69, 9.17) is 9.84 Å². The van der Waals surface area contributed by atoms with Crippen LogP contribution < -0.4 is 10.1 Å². The summed E-state index contributed by atoms with van der Waals surface area (Å²) in [7, 11) is 0. The Kier molecular flexibility index (Phi) is 4.04. The number of aryl methyl sites for hydroxylation is 2. The number of carboxylic acids is 1. The first-order valence-electron chi connectivity index (χ1n) is 8.19. The van der Waals surface area contributed by atoms with Crippen molar-refractivity contribution in [2.45, 2.75) is 64.0 Å². The van der Waals surface area contributed by atoms with Crippen LogP contribution >= 0.6 is 0 Å². The Morgan fingerprint density at radius 3 is 2.57 bits per heavy atom. The molecule has 1 aromatic rings. The van der Waals surface area contributed by atoms with Gasteiger partial charge in [0.05, 0.1) is 12.0 Å². The molecule has 0 bridgehead atoms. The zero-order chi connectivity index (χ0) is 16.6. The molecule has 2 aliphatic rings. The van der Waals surface area contributed by atoms with Gasteiger partial charge in [0.25, 0.3) is 5.91 Å². The van der Waals surface area contributed by atoms with Crippen LogP contribution in [0.4, 0.5) is 0 Å². The standard InChI is InChI=1S/C18H23NO4/c1-11-7-13-9-15(23-14(13)8-12(11)2)17(22)19-18(10-16(20)21)5-3-4-6-18/h7-8,15H,3-6,9-10H2,1-2H3,(H,19,22)(H,20,21). The third-order valence-electron chi connectivity index (χ3n) is 5.08. The summed E-state index contributed by atoms with van der Waals surface area (Å²) in [5, 5.41) is 12.1. The lowest BCUT2D eigenvalue weighted by molar-refractivity contribution is -0.139. The van der Waals surface area contributed by atoms with Crippen LogP contribution in [0.15, 0.2) is 12.1 Å². The fourth-order valence-electron chi connectivity index (χ4n) is 3.69. The number of carbonyl (C=O) groups is 2. The number of aliphatic carboxylic acids is 1. The highest BCUT2D eigenvalue weighted by Crippen LogP contribution is 2.35. The van der Waals surface area contributed by atoms with E-state index < -0.39 is 17.6 Å². The molecule has 1 atom stereocenters. The second-order valence-electron chi connectivity index (χ2n) is 6.90. The molecule has 0 spiro atoms. The minimum Gasteiger partial charge on any atom is -0.481 e. The number of hydrogen-bond donors (Lipinski definition) is 2. The summed E-state index contributed by atoms with van der Waals surface area (Å²) in [5.41, 5.74) is 2.77. The number of carboxylic acid groups (broad SMARTS) is 1. The molecule has 1 fully saturated rings. The van der Waals surface area contributed by atoms with Gasteiger partial charge >= 0.3 is 5.97 Å². The molecular formula is C18H23NO4. The molecule has 1 heterocycles. The summed E-state index contributed by atoms with van der Waals surface area (Å²) >= 11 is 0. The number of amides is 1. The Hall–Kier alpha value is -2.04. The van der Waals surface area contributed by atoms with E-state index >= 15 is 0 Å². The van der Waals surface area contributed by atoms with Gasteiger partial charge in [-0.1, -0.05) is 18.9 Å². The molecular weight excluding hydrogens is 294 g/mol. The lowest BCUT2D eigenvalue weighted by Crippen LogP contribution is -2.52. The lowest BCUT2D eigenvalue weighted by Gasteiger charge is -2.29. The minimum absolute atomic E-state index is 0.0172. The van der Waals surface area contributed by atoms with Crippen molar-refractivity contribution in [1.29, 1.82) is 0 Å². The van der Waals surface area contributed by atoms with Crippen molar-refractivity contribution < 1.29 is 19.4 Å². The zero-order valence-electron chi connectivity index (χ0n) is 13.6. The molecule has 0 aromatic heterocycles. The van der Waals surface area contributed by atoms with Crippen LogP contribution in [0.2, 0.25) is 0 Å². The van der Waals surface area contributed by atoms with Crippen molar-refractivity contribution in [2.75, 3.05) is 0 Å². The molecule has 3 rings (SSSR count). The fourth-order valence-corrected chi connectivity index (χ4v) is 3.69. The smallest absolute Gasteiger partial charge is 0.305 e. The van der Waals surface area contributed by atoms with Crippen LogP contribution in [0.25, 0.3) is 0 Å². The van der Waals surface area contributed by atoms with Gasteiger partial charge in [-0.25, -0.2) is 0 Å². The zero-order valence-corrected chi connectivity index (χ0v) is 13.6. The van der Waals surface area contributed by atoms with Gasteiger partial charge in [0, 0.05) is 6.42 Å². The number of nitrogens with one attached hydrogen (secondary N) is 1. The molecule has 5 heteroatoms. The van der Waals surface area contributed by atoms with Crippen molar-refractivity contribution in [3.05, 3.63) is 28.8 Å². The van der Waals surface area contributed by atoms with Gasteiger partial charge in [0.2, 0.25) is 0 Å². The van der Waals surface area contributed by atoms with E-state index in [2.05, 4.69) is 11.4 Å². The van der Waals surface area contributed by atoms with Gasteiger partial charge in [-0.15, -0.1) is 0 Å². The minimum atomic E-state index is -0.867. The Balaban J connectivity index is 1.71. The summed E-state index contributed by atoms with van der Waals surface area (Å²) < 4.78 is 5.81. The van der Waals surface area contributed by atoms with Crippen molar-refractivity contribution >= 4 is 11.9 Å². The maximum Gasteiger partial charge on any atom is 0.305 e. The first kappa shape index (κ1) is 15.8. The average Bonchev–Trinajstić information content (AvgIpc) is 3.06. The number of benzene rings is 1. The molecule has 0 saturated heterocycles. The summed E-state index contributed by atoms with van der Waals surface area (Å²) in [4.78, 5) is 23.7. The molecule has 1 saturated carbocycles. The predicted molar refractivity (Wildman–Crippen MR) is 85.6 cm³/mol. The predicted octanol–water partition coefficient (Wildman–Crippen LogP) is 2.51. The first-order chi connectivity index (χ1) is 10.9. The number of carbonyl (C=O) groups excluding carboxylic acids is 1. The summed E-state index contributed by atoms with van der Waals surface area (Å²) in [5.74, 6) is -0.291. The van der Waals surface area contributed by atoms with Crippen LogP contribution in [0.5, 0.6) is 5.75 Å². The van der Waals surface area contributed by atoms with Gasteiger partial charge in [0.1, 0.15) is 5.75 Å². The number of fused-ring (bicyclic) bond motifs is 1. The van der Waals surface area contributed by atoms with Gasteiger partial charge in [-0.3, -0.25) is 9.59 Å². The number of rotatable bonds is 4. The summed E-state index contributed by atoms with van der Waals surface area (Å²) in [6.07, 6.45) is 3.33. The molecule has 0 radical (unpaired) electrons. The molecule has 23 heavy (non-hydrogen) atoms. The quantitative estimate of drug-likeness (QED) is 0.894.